The molecule has 0 fully saturated rings. The van der Waals surface area contributed by atoms with Gasteiger partial charge in [-0.2, -0.15) is 4.37 Å². The van der Waals surface area contributed by atoms with Crippen LogP contribution in [-0.2, 0) is 19.4 Å². The summed E-state index contributed by atoms with van der Waals surface area (Å²) >= 11 is 1.44. The first-order chi connectivity index (χ1) is 8.81. The fraction of sp³-hybridized carbons (Fsp3) is 0.429. The lowest BCUT2D eigenvalue weighted by atomic mass is 10.1. The van der Waals surface area contributed by atoms with E-state index in [1.807, 2.05) is 0 Å². The van der Waals surface area contributed by atoms with Crippen LogP contribution in [0.4, 0.5) is 5.13 Å². The van der Waals surface area contributed by atoms with Crippen molar-refractivity contribution in [1.29, 1.82) is 0 Å². The SMILES string of the molecule is CCCc1nsc(NCc2ccc(CC)cc2)n1. The number of hydrogen-bond donors (Lipinski definition) is 1. The molecule has 1 heterocycles. The van der Waals surface area contributed by atoms with E-state index in [1.165, 1.54) is 22.7 Å². The smallest absolute Gasteiger partial charge is 0.202 e. The maximum Gasteiger partial charge on any atom is 0.202 e. The minimum Gasteiger partial charge on any atom is -0.356 e. The van der Waals surface area contributed by atoms with Crippen molar-refractivity contribution in [2.75, 3.05) is 5.32 Å². The molecule has 1 aromatic carbocycles. The Morgan fingerprint density at radius 1 is 1.11 bits per heavy atom. The first-order valence-corrected chi connectivity index (χ1v) is 7.23. The molecule has 96 valence electrons. The van der Waals surface area contributed by atoms with Crippen LogP contribution in [0, 0.1) is 0 Å². The molecule has 2 aromatic rings. The summed E-state index contributed by atoms with van der Waals surface area (Å²) in [6, 6.07) is 8.69. The highest BCUT2D eigenvalue weighted by atomic mass is 32.1. The van der Waals surface area contributed by atoms with Crippen LogP contribution in [0.5, 0.6) is 0 Å². The molecule has 0 saturated carbocycles. The molecule has 18 heavy (non-hydrogen) atoms. The molecule has 0 amide bonds. The van der Waals surface area contributed by atoms with E-state index in [-0.39, 0.29) is 0 Å². The van der Waals surface area contributed by atoms with Crippen LogP contribution >= 0.6 is 11.5 Å². The maximum absolute atomic E-state index is 4.45. The second kappa shape index (κ2) is 6.50. The van der Waals surface area contributed by atoms with Crippen LogP contribution in [0.2, 0.25) is 0 Å². The lowest BCUT2D eigenvalue weighted by molar-refractivity contribution is 0.861. The minimum absolute atomic E-state index is 0.810. The van der Waals surface area contributed by atoms with Crippen LogP contribution in [0.1, 0.15) is 37.2 Å². The summed E-state index contributed by atoms with van der Waals surface area (Å²) in [5, 5.41) is 4.24. The van der Waals surface area contributed by atoms with Crippen LogP contribution in [-0.4, -0.2) is 9.36 Å². The summed E-state index contributed by atoms with van der Waals surface area (Å²) in [7, 11) is 0. The molecule has 1 N–H and O–H groups in total. The third-order valence-electron chi connectivity index (χ3n) is 2.82. The van der Waals surface area contributed by atoms with Crippen LogP contribution in [0.3, 0.4) is 0 Å². The van der Waals surface area contributed by atoms with Gasteiger partial charge in [-0.1, -0.05) is 38.1 Å². The standard InChI is InChI=1S/C14H19N3S/c1-3-5-13-16-14(18-17-13)15-10-12-8-6-11(4-2)7-9-12/h6-9H,3-5,10H2,1-2H3,(H,15,16,17). The molecule has 0 saturated heterocycles. The average Bonchev–Trinajstić information content (AvgIpc) is 2.85. The molecule has 0 aliphatic heterocycles. The number of hydrogen-bond acceptors (Lipinski definition) is 4. The van der Waals surface area contributed by atoms with Gasteiger partial charge in [-0.05, 0) is 24.0 Å². The monoisotopic (exact) mass is 261 g/mol. The maximum atomic E-state index is 4.45. The van der Waals surface area contributed by atoms with Gasteiger partial charge in [0, 0.05) is 24.5 Å². The molecule has 4 heteroatoms. The Morgan fingerprint density at radius 3 is 2.50 bits per heavy atom. The predicted octanol–water partition coefficient (Wildman–Crippen LogP) is 3.67. The molecule has 1 aromatic heterocycles. The number of anilines is 1. The van der Waals surface area contributed by atoms with Crippen molar-refractivity contribution in [1.82, 2.24) is 9.36 Å². The van der Waals surface area contributed by atoms with Gasteiger partial charge in [-0.15, -0.1) is 0 Å². The van der Waals surface area contributed by atoms with E-state index >= 15 is 0 Å². The van der Waals surface area contributed by atoms with Gasteiger partial charge in [0.05, 0.1) is 0 Å². The van der Waals surface area contributed by atoms with Crippen LogP contribution in [0.15, 0.2) is 24.3 Å². The lowest BCUT2D eigenvalue weighted by Gasteiger charge is -2.03. The third kappa shape index (κ3) is 3.53. The molecule has 0 radical (unpaired) electrons. The van der Waals surface area contributed by atoms with E-state index in [4.69, 9.17) is 0 Å². The predicted molar refractivity (Wildman–Crippen MR) is 77.1 cm³/mol. The average molecular weight is 261 g/mol. The van der Waals surface area contributed by atoms with E-state index in [0.29, 0.717) is 0 Å². The Balaban J connectivity index is 1.89. The Kier molecular flexibility index (Phi) is 4.70. The highest BCUT2D eigenvalue weighted by Gasteiger charge is 2.02. The number of aryl methyl sites for hydroxylation is 2. The van der Waals surface area contributed by atoms with Crippen molar-refractivity contribution in [3.8, 4) is 0 Å². The summed E-state index contributed by atoms with van der Waals surface area (Å²) in [6.07, 6.45) is 3.14. The summed E-state index contributed by atoms with van der Waals surface area (Å²) in [5.41, 5.74) is 2.65. The fourth-order valence-corrected chi connectivity index (χ4v) is 2.33. The van der Waals surface area contributed by atoms with E-state index in [0.717, 1.165) is 36.8 Å². The Hall–Kier alpha value is -1.42. The zero-order chi connectivity index (χ0) is 12.8. The quantitative estimate of drug-likeness (QED) is 0.862. The van der Waals surface area contributed by atoms with Crippen molar-refractivity contribution in [3.05, 3.63) is 41.2 Å². The molecule has 0 aliphatic rings. The highest BCUT2D eigenvalue weighted by Crippen LogP contribution is 2.14. The van der Waals surface area contributed by atoms with Crippen LogP contribution < -0.4 is 5.32 Å². The zero-order valence-electron chi connectivity index (χ0n) is 10.9. The number of nitrogens with one attached hydrogen (secondary N) is 1. The van der Waals surface area contributed by atoms with Crippen molar-refractivity contribution in [2.45, 2.75) is 39.7 Å². The molecule has 0 atom stereocenters. The van der Waals surface area contributed by atoms with Gasteiger partial charge in [-0.3, -0.25) is 0 Å². The minimum atomic E-state index is 0.810. The van der Waals surface area contributed by atoms with Gasteiger partial charge in [-0.25, -0.2) is 4.98 Å². The lowest BCUT2D eigenvalue weighted by Crippen LogP contribution is -1.99. The molecule has 0 bridgehead atoms. The number of benzene rings is 1. The van der Waals surface area contributed by atoms with E-state index in [2.05, 4.69) is 52.8 Å². The van der Waals surface area contributed by atoms with Gasteiger partial charge >= 0.3 is 0 Å². The van der Waals surface area contributed by atoms with E-state index in [1.54, 1.807) is 0 Å². The topological polar surface area (TPSA) is 37.8 Å². The number of nitrogens with zero attached hydrogens (tertiary/aromatic N) is 2. The van der Waals surface area contributed by atoms with Gasteiger partial charge in [0.25, 0.3) is 0 Å². The molecular formula is C14H19N3S. The Bertz CT molecular complexity index is 476. The molecule has 0 aliphatic carbocycles. The normalized spacial score (nSPS) is 10.6. The summed E-state index contributed by atoms with van der Waals surface area (Å²) in [5.74, 6) is 0.950. The second-order valence-corrected chi connectivity index (χ2v) is 5.04. The summed E-state index contributed by atoms with van der Waals surface area (Å²) in [6.45, 7) is 5.12. The molecule has 0 unspecified atom stereocenters. The fourth-order valence-electron chi connectivity index (χ4n) is 1.72. The molecular weight excluding hydrogens is 242 g/mol. The van der Waals surface area contributed by atoms with Crippen molar-refractivity contribution in [2.24, 2.45) is 0 Å². The first kappa shape index (κ1) is 13.0. The highest BCUT2D eigenvalue weighted by molar-refractivity contribution is 7.09. The van der Waals surface area contributed by atoms with Gasteiger partial charge in [0.1, 0.15) is 5.82 Å². The first-order valence-electron chi connectivity index (χ1n) is 6.46. The van der Waals surface area contributed by atoms with Crippen LogP contribution in [0.25, 0.3) is 0 Å². The van der Waals surface area contributed by atoms with Crippen molar-refractivity contribution < 1.29 is 0 Å². The van der Waals surface area contributed by atoms with E-state index in [9.17, 15) is 0 Å². The Labute approximate surface area is 112 Å². The number of aromatic nitrogens is 2. The summed E-state index contributed by atoms with van der Waals surface area (Å²) < 4.78 is 4.31. The van der Waals surface area contributed by atoms with Crippen molar-refractivity contribution in [3.63, 3.8) is 0 Å². The summed E-state index contributed by atoms with van der Waals surface area (Å²) in [4.78, 5) is 4.45. The Morgan fingerprint density at radius 2 is 1.83 bits per heavy atom. The second-order valence-electron chi connectivity index (χ2n) is 4.29. The molecule has 2 rings (SSSR count). The number of rotatable bonds is 6. The largest absolute Gasteiger partial charge is 0.356 e. The third-order valence-corrected chi connectivity index (χ3v) is 3.53. The van der Waals surface area contributed by atoms with Gasteiger partial charge < -0.3 is 5.32 Å². The van der Waals surface area contributed by atoms with Gasteiger partial charge in [0.2, 0.25) is 5.13 Å². The van der Waals surface area contributed by atoms with Crippen molar-refractivity contribution >= 4 is 16.7 Å². The van der Waals surface area contributed by atoms with E-state index < -0.39 is 0 Å². The zero-order valence-corrected chi connectivity index (χ0v) is 11.8. The molecule has 0 spiro atoms. The molecule has 3 nitrogen and oxygen atoms in total. The van der Waals surface area contributed by atoms with Gasteiger partial charge in [0.15, 0.2) is 0 Å².